The van der Waals surface area contributed by atoms with Gasteiger partial charge in [0.05, 0.1) is 12.5 Å². The molecule has 0 aliphatic carbocycles. The van der Waals surface area contributed by atoms with Crippen LogP contribution in [0.25, 0.3) is 11.1 Å². The maximum Gasteiger partial charge on any atom is 0.321 e. The molecule has 0 saturated heterocycles. The largest absolute Gasteiger partial charge is 0.481 e. The van der Waals surface area contributed by atoms with Gasteiger partial charge in [0.15, 0.2) is 0 Å². The van der Waals surface area contributed by atoms with E-state index in [0.29, 0.717) is 0 Å². The van der Waals surface area contributed by atoms with Gasteiger partial charge in [0.25, 0.3) is 0 Å². The predicted molar refractivity (Wildman–Crippen MR) is 129 cm³/mol. The van der Waals surface area contributed by atoms with Crippen LogP contribution in [0.1, 0.15) is 17.5 Å². The summed E-state index contributed by atoms with van der Waals surface area (Å²) in [5.41, 5.74) is 3.79. The fourth-order valence-electron chi connectivity index (χ4n) is 3.65. The highest BCUT2D eigenvalue weighted by Crippen LogP contribution is 2.20. The molecule has 0 bridgehead atoms. The lowest BCUT2D eigenvalue weighted by molar-refractivity contribution is -0.140. The third kappa shape index (κ3) is 7.56. The number of carboxylic acids is 2. The molecule has 0 heterocycles. The zero-order valence-corrected chi connectivity index (χ0v) is 18.7. The zero-order chi connectivity index (χ0) is 24.3. The van der Waals surface area contributed by atoms with Gasteiger partial charge in [0.1, 0.15) is 6.04 Å². The van der Waals surface area contributed by atoms with Crippen molar-refractivity contribution < 1.29 is 24.6 Å². The van der Waals surface area contributed by atoms with Crippen LogP contribution in [0.5, 0.6) is 0 Å². The van der Waals surface area contributed by atoms with Crippen molar-refractivity contribution in [1.82, 2.24) is 10.6 Å². The third-order valence-corrected chi connectivity index (χ3v) is 5.44. The van der Waals surface area contributed by atoms with Crippen LogP contribution < -0.4 is 10.6 Å². The van der Waals surface area contributed by atoms with Crippen LogP contribution >= 0.6 is 0 Å². The molecule has 3 aromatic carbocycles. The Morgan fingerprint density at radius 1 is 0.676 bits per heavy atom. The third-order valence-electron chi connectivity index (χ3n) is 5.44. The van der Waals surface area contributed by atoms with E-state index in [9.17, 15) is 19.5 Å². The first-order valence-electron chi connectivity index (χ1n) is 11.1. The first kappa shape index (κ1) is 24.7. The monoisotopic (exact) mass is 460 g/mol. The summed E-state index contributed by atoms with van der Waals surface area (Å²) in [6, 6.07) is 25.0. The zero-order valence-electron chi connectivity index (χ0n) is 18.7. The van der Waals surface area contributed by atoms with E-state index >= 15 is 0 Å². The van der Waals surface area contributed by atoms with Crippen molar-refractivity contribution >= 4 is 17.8 Å². The van der Waals surface area contributed by atoms with Crippen LogP contribution in [0.4, 0.5) is 0 Å². The minimum absolute atomic E-state index is 0.0280. The van der Waals surface area contributed by atoms with Crippen LogP contribution in [-0.2, 0) is 27.2 Å². The maximum absolute atomic E-state index is 12.8. The van der Waals surface area contributed by atoms with Gasteiger partial charge in [-0.2, -0.15) is 0 Å². The Morgan fingerprint density at radius 2 is 1.21 bits per heavy atom. The van der Waals surface area contributed by atoms with E-state index in [-0.39, 0.29) is 25.8 Å². The van der Waals surface area contributed by atoms with Gasteiger partial charge in [-0.05, 0) is 35.1 Å². The summed E-state index contributed by atoms with van der Waals surface area (Å²) in [6.07, 6.45) is 0.258. The summed E-state index contributed by atoms with van der Waals surface area (Å²) in [7, 11) is 0. The van der Waals surface area contributed by atoms with Gasteiger partial charge in [-0.25, -0.2) is 0 Å². The van der Waals surface area contributed by atoms with Crippen LogP contribution in [0.15, 0.2) is 84.9 Å². The number of benzene rings is 3. The maximum atomic E-state index is 12.8. The Hall–Kier alpha value is -3.97. The van der Waals surface area contributed by atoms with E-state index in [1.54, 1.807) is 0 Å². The highest BCUT2D eigenvalue weighted by atomic mass is 16.4. The predicted octanol–water partition coefficient (Wildman–Crippen LogP) is 3.14. The molecule has 34 heavy (non-hydrogen) atoms. The number of aliphatic carboxylic acids is 2. The van der Waals surface area contributed by atoms with E-state index in [1.165, 1.54) is 0 Å². The Kier molecular flexibility index (Phi) is 8.94. The molecule has 2 atom stereocenters. The minimum Gasteiger partial charge on any atom is -0.481 e. The van der Waals surface area contributed by atoms with Crippen molar-refractivity contribution in [2.24, 2.45) is 0 Å². The molecular weight excluding hydrogens is 432 g/mol. The fraction of sp³-hybridized carbons (Fsp3) is 0.222. The van der Waals surface area contributed by atoms with Crippen LogP contribution in [0, 0.1) is 0 Å². The molecule has 0 aliphatic rings. The molecule has 1 unspecified atom stereocenters. The van der Waals surface area contributed by atoms with Gasteiger partial charge >= 0.3 is 11.9 Å². The van der Waals surface area contributed by atoms with Gasteiger partial charge in [-0.3, -0.25) is 19.7 Å². The molecule has 4 N–H and O–H groups in total. The molecule has 0 radical (unpaired) electrons. The van der Waals surface area contributed by atoms with Gasteiger partial charge in [-0.15, -0.1) is 0 Å². The van der Waals surface area contributed by atoms with E-state index in [2.05, 4.69) is 10.6 Å². The SMILES string of the molecule is O=C(O)CCNC(=O)[C@H](Cc1ccccc1)NC(Cc1ccc(-c2ccccc2)cc1)C(=O)O. The fourth-order valence-corrected chi connectivity index (χ4v) is 3.65. The average molecular weight is 461 g/mol. The van der Waals surface area contributed by atoms with Crippen LogP contribution in [-0.4, -0.2) is 46.7 Å². The summed E-state index contributed by atoms with van der Waals surface area (Å²) < 4.78 is 0. The van der Waals surface area contributed by atoms with E-state index in [0.717, 1.165) is 22.3 Å². The van der Waals surface area contributed by atoms with Crippen molar-refractivity contribution in [3.63, 3.8) is 0 Å². The molecule has 7 heteroatoms. The van der Waals surface area contributed by atoms with Crippen molar-refractivity contribution in [2.75, 3.05) is 6.54 Å². The van der Waals surface area contributed by atoms with Gasteiger partial charge < -0.3 is 15.5 Å². The molecular formula is C27H28N2O5. The number of amides is 1. The lowest BCUT2D eigenvalue weighted by atomic mass is 9.99. The van der Waals surface area contributed by atoms with Crippen molar-refractivity contribution in [2.45, 2.75) is 31.3 Å². The highest BCUT2D eigenvalue weighted by Gasteiger charge is 2.26. The molecule has 3 rings (SSSR count). The van der Waals surface area contributed by atoms with Crippen LogP contribution in [0.3, 0.4) is 0 Å². The molecule has 0 spiro atoms. The first-order chi connectivity index (χ1) is 16.4. The van der Waals surface area contributed by atoms with Gasteiger partial charge in [0, 0.05) is 6.54 Å². The molecule has 3 aromatic rings. The average Bonchev–Trinajstić information content (AvgIpc) is 2.84. The Labute approximate surface area is 198 Å². The van der Waals surface area contributed by atoms with Gasteiger partial charge in [0.2, 0.25) is 5.91 Å². The highest BCUT2D eigenvalue weighted by molar-refractivity contribution is 5.84. The number of rotatable bonds is 12. The van der Waals surface area contributed by atoms with Crippen LogP contribution in [0.2, 0.25) is 0 Å². The van der Waals surface area contributed by atoms with Gasteiger partial charge in [-0.1, -0.05) is 84.9 Å². The second-order valence-corrected chi connectivity index (χ2v) is 8.00. The second-order valence-electron chi connectivity index (χ2n) is 8.00. The Balaban J connectivity index is 1.72. The van der Waals surface area contributed by atoms with E-state index in [4.69, 9.17) is 5.11 Å². The summed E-state index contributed by atoms with van der Waals surface area (Å²) in [5, 5.41) is 24.2. The molecule has 0 saturated carbocycles. The molecule has 0 fully saturated rings. The van der Waals surface area contributed by atoms with Crippen molar-refractivity contribution in [1.29, 1.82) is 0 Å². The summed E-state index contributed by atoms with van der Waals surface area (Å²) in [6.45, 7) is -0.0280. The Bertz CT molecular complexity index is 1090. The van der Waals surface area contributed by atoms with E-state index in [1.807, 2.05) is 84.9 Å². The number of hydrogen-bond acceptors (Lipinski definition) is 4. The number of carbonyl (C=O) groups excluding carboxylic acids is 1. The molecule has 1 amide bonds. The minimum atomic E-state index is -1.07. The second kappa shape index (κ2) is 12.3. The quantitative estimate of drug-likeness (QED) is 0.330. The van der Waals surface area contributed by atoms with Crippen molar-refractivity contribution in [3.05, 3.63) is 96.1 Å². The Morgan fingerprint density at radius 3 is 1.79 bits per heavy atom. The summed E-state index contributed by atoms with van der Waals surface area (Å²) >= 11 is 0. The number of hydrogen-bond donors (Lipinski definition) is 4. The molecule has 7 nitrogen and oxygen atoms in total. The number of carboxylic acid groups (broad SMARTS) is 2. The first-order valence-corrected chi connectivity index (χ1v) is 11.1. The summed E-state index contributed by atoms with van der Waals surface area (Å²) in [4.78, 5) is 35.6. The summed E-state index contributed by atoms with van der Waals surface area (Å²) in [5.74, 6) is -2.52. The number of carbonyl (C=O) groups is 3. The molecule has 0 aromatic heterocycles. The topological polar surface area (TPSA) is 116 Å². The smallest absolute Gasteiger partial charge is 0.321 e. The lowest BCUT2D eigenvalue weighted by Crippen LogP contribution is -2.53. The molecule has 0 aliphatic heterocycles. The standard InChI is InChI=1S/C27H28N2O5/c30-25(31)15-16-28-26(32)23(17-19-7-3-1-4-8-19)29-24(27(33)34)18-20-11-13-22(14-12-20)21-9-5-2-6-10-21/h1-14,23-24,29H,15-18H2,(H,28,32)(H,30,31)(H,33,34)/t23-,24?/m0/s1. The molecule has 176 valence electrons. The number of nitrogens with one attached hydrogen (secondary N) is 2. The van der Waals surface area contributed by atoms with E-state index < -0.39 is 29.9 Å². The normalized spacial score (nSPS) is 12.5. The van der Waals surface area contributed by atoms with Crippen molar-refractivity contribution in [3.8, 4) is 11.1 Å². The lowest BCUT2D eigenvalue weighted by Gasteiger charge is -2.23.